The molecule has 6 nitrogen and oxygen atoms in total. The average Bonchev–Trinajstić information content (AvgIpc) is 2.66. The molecule has 0 saturated carbocycles. The lowest BCUT2D eigenvalue weighted by Gasteiger charge is -2.17. The Morgan fingerprint density at radius 1 is 1.53 bits per heavy atom. The van der Waals surface area contributed by atoms with Gasteiger partial charge in [0.1, 0.15) is 12.4 Å². The fourth-order valence-electron chi connectivity index (χ4n) is 0.964. The Balaban J connectivity index is 2.58. The number of aromatic amines is 1. The maximum Gasteiger partial charge on any atom is 0.402 e. The summed E-state index contributed by atoms with van der Waals surface area (Å²) in [7, 11) is -3.01. The van der Waals surface area contributed by atoms with Crippen LogP contribution in [0, 0.1) is 0 Å². The first-order chi connectivity index (χ1) is 7.71. The fourth-order valence-corrected chi connectivity index (χ4v) is 1.82. The minimum absolute atomic E-state index is 0.139. The average molecular weight is 272 g/mol. The highest BCUT2D eigenvalue weighted by molar-refractivity contribution is 7.87. The Labute approximate surface area is 96.0 Å². The maximum absolute atomic E-state index is 11.9. The predicted molar refractivity (Wildman–Crippen MR) is 53.0 cm³/mol. The summed E-state index contributed by atoms with van der Waals surface area (Å²) in [6.07, 6.45) is -1.68. The van der Waals surface area contributed by atoms with Gasteiger partial charge in [0.15, 0.2) is 0 Å². The van der Waals surface area contributed by atoms with Crippen molar-refractivity contribution in [2.24, 2.45) is 0 Å². The lowest BCUT2D eigenvalue weighted by Crippen LogP contribution is -2.42. The van der Waals surface area contributed by atoms with Crippen molar-refractivity contribution >= 4 is 10.2 Å². The number of alkyl halides is 3. The summed E-state index contributed by atoms with van der Waals surface area (Å²) in [5.74, 6) is 0.338. The van der Waals surface area contributed by atoms with Gasteiger partial charge >= 0.3 is 6.18 Å². The van der Waals surface area contributed by atoms with E-state index in [0.717, 1.165) is 11.4 Å². The van der Waals surface area contributed by atoms with Gasteiger partial charge in [-0.25, -0.2) is 4.98 Å². The molecule has 1 aromatic heterocycles. The van der Waals surface area contributed by atoms with Crippen LogP contribution in [0.2, 0.25) is 0 Å². The minimum atomic E-state index is -4.58. The van der Waals surface area contributed by atoms with Crippen LogP contribution in [0.1, 0.15) is 5.82 Å². The highest BCUT2D eigenvalue weighted by atomic mass is 32.2. The molecule has 1 aromatic rings. The molecule has 0 aliphatic rings. The zero-order chi connectivity index (χ0) is 13.1. The van der Waals surface area contributed by atoms with E-state index in [1.807, 2.05) is 0 Å². The van der Waals surface area contributed by atoms with E-state index in [4.69, 9.17) is 0 Å². The van der Waals surface area contributed by atoms with Crippen LogP contribution < -0.4 is 4.72 Å². The van der Waals surface area contributed by atoms with E-state index < -0.39 is 22.9 Å². The number of imidazole rings is 1. The van der Waals surface area contributed by atoms with Crippen molar-refractivity contribution in [2.75, 3.05) is 13.6 Å². The molecule has 0 aromatic carbocycles. The molecule has 0 amide bonds. The second kappa shape index (κ2) is 5.02. The van der Waals surface area contributed by atoms with Crippen LogP contribution in [0.5, 0.6) is 0 Å². The first-order valence-electron chi connectivity index (χ1n) is 4.46. The van der Waals surface area contributed by atoms with Gasteiger partial charge in [0.2, 0.25) is 0 Å². The van der Waals surface area contributed by atoms with Gasteiger partial charge in [-0.2, -0.15) is 30.6 Å². The Hall–Kier alpha value is -1.13. The van der Waals surface area contributed by atoms with Gasteiger partial charge in [-0.3, -0.25) is 0 Å². The Bertz CT molecular complexity index is 442. The quantitative estimate of drug-likeness (QED) is 0.806. The van der Waals surface area contributed by atoms with E-state index >= 15 is 0 Å². The van der Waals surface area contributed by atoms with Crippen molar-refractivity contribution < 1.29 is 21.6 Å². The molecule has 0 saturated heterocycles. The molecule has 0 atom stereocenters. The number of hydrogen-bond acceptors (Lipinski definition) is 3. The number of H-pyrrole nitrogens is 1. The van der Waals surface area contributed by atoms with E-state index in [-0.39, 0.29) is 6.54 Å². The third kappa shape index (κ3) is 4.71. The highest BCUT2D eigenvalue weighted by Crippen LogP contribution is 2.13. The monoisotopic (exact) mass is 272 g/mol. The van der Waals surface area contributed by atoms with Crippen molar-refractivity contribution in [3.8, 4) is 0 Å². The Morgan fingerprint density at radius 2 is 2.18 bits per heavy atom. The minimum Gasteiger partial charge on any atom is -0.347 e. The maximum atomic E-state index is 11.9. The largest absolute Gasteiger partial charge is 0.402 e. The van der Waals surface area contributed by atoms with Crippen molar-refractivity contribution in [3.63, 3.8) is 0 Å². The zero-order valence-electron chi connectivity index (χ0n) is 8.82. The molecule has 10 heteroatoms. The van der Waals surface area contributed by atoms with Crippen molar-refractivity contribution in [2.45, 2.75) is 12.7 Å². The topological polar surface area (TPSA) is 78.1 Å². The van der Waals surface area contributed by atoms with Crippen molar-refractivity contribution in [3.05, 3.63) is 18.2 Å². The molecule has 98 valence electrons. The van der Waals surface area contributed by atoms with Crippen LogP contribution in [-0.4, -0.2) is 42.5 Å². The molecular weight excluding hydrogens is 261 g/mol. The van der Waals surface area contributed by atoms with Crippen LogP contribution in [0.25, 0.3) is 0 Å². The molecule has 0 bridgehead atoms. The van der Waals surface area contributed by atoms with Gasteiger partial charge in [-0.05, 0) is 0 Å². The molecule has 0 fully saturated rings. The van der Waals surface area contributed by atoms with Crippen LogP contribution in [0.3, 0.4) is 0 Å². The second-order valence-electron chi connectivity index (χ2n) is 3.23. The van der Waals surface area contributed by atoms with Crippen LogP contribution in [-0.2, 0) is 16.8 Å². The van der Waals surface area contributed by atoms with Crippen LogP contribution >= 0.6 is 0 Å². The first-order valence-corrected chi connectivity index (χ1v) is 5.90. The molecule has 0 spiro atoms. The Morgan fingerprint density at radius 3 is 2.65 bits per heavy atom. The summed E-state index contributed by atoms with van der Waals surface area (Å²) in [6.45, 7) is -1.74. The summed E-state index contributed by atoms with van der Waals surface area (Å²) in [5, 5.41) is 0. The summed E-state index contributed by atoms with van der Waals surface area (Å²) in [5.41, 5.74) is 0. The van der Waals surface area contributed by atoms with Gasteiger partial charge in [0.05, 0.1) is 6.54 Å². The molecule has 1 rings (SSSR count). The van der Waals surface area contributed by atoms with E-state index in [1.165, 1.54) is 17.1 Å². The summed E-state index contributed by atoms with van der Waals surface area (Å²) >= 11 is 0. The summed E-state index contributed by atoms with van der Waals surface area (Å²) in [6, 6.07) is 0. The molecule has 17 heavy (non-hydrogen) atoms. The normalized spacial score (nSPS) is 13.2. The van der Waals surface area contributed by atoms with E-state index in [9.17, 15) is 21.6 Å². The third-order valence-electron chi connectivity index (χ3n) is 1.79. The smallest absolute Gasteiger partial charge is 0.347 e. The Kier molecular flexibility index (Phi) is 4.11. The van der Waals surface area contributed by atoms with Crippen molar-refractivity contribution in [1.29, 1.82) is 0 Å². The number of rotatable bonds is 5. The number of halogens is 3. The van der Waals surface area contributed by atoms with E-state index in [0.29, 0.717) is 5.82 Å². The molecule has 0 radical (unpaired) electrons. The number of nitrogens with zero attached hydrogens (tertiary/aromatic N) is 2. The lowest BCUT2D eigenvalue weighted by molar-refractivity contribution is -0.121. The number of nitrogens with one attached hydrogen (secondary N) is 2. The van der Waals surface area contributed by atoms with Gasteiger partial charge in [-0.15, -0.1) is 0 Å². The molecule has 0 unspecified atom stereocenters. The molecular formula is C7H11F3N4O2S. The van der Waals surface area contributed by atoms with E-state index in [1.54, 1.807) is 0 Å². The summed E-state index contributed by atoms with van der Waals surface area (Å²) < 4.78 is 60.5. The fraction of sp³-hybridized carbons (Fsp3) is 0.571. The van der Waals surface area contributed by atoms with Gasteiger partial charge < -0.3 is 4.98 Å². The SMILES string of the molecule is CN(Cc1ncc[nH]1)S(=O)(=O)NCC(F)(F)F. The first kappa shape index (κ1) is 13.9. The molecule has 0 aliphatic heterocycles. The van der Waals surface area contributed by atoms with E-state index in [2.05, 4.69) is 9.97 Å². The lowest BCUT2D eigenvalue weighted by atomic mass is 10.6. The highest BCUT2D eigenvalue weighted by Gasteiger charge is 2.30. The standard InChI is InChI=1S/C7H11F3N4O2S/c1-14(4-6-11-2-3-12-6)17(15,16)13-5-7(8,9)10/h2-3,13H,4-5H2,1H3,(H,11,12). The second-order valence-corrected chi connectivity index (χ2v) is 5.10. The molecule has 0 aliphatic carbocycles. The zero-order valence-corrected chi connectivity index (χ0v) is 9.64. The third-order valence-corrected chi connectivity index (χ3v) is 3.25. The van der Waals surface area contributed by atoms with Gasteiger partial charge in [0.25, 0.3) is 10.2 Å². The van der Waals surface area contributed by atoms with Crippen LogP contribution in [0.15, 0.2) is 12.4 Å². The predicted octanol–water partition coefficient (Wildman–Crippen LogP) is 0.238. The van der Waals surface area contributed by atoms with Crippen molar-refractivity contribution in [1.82, 2.24) is 19.0 Å². The van der Waals surface area contributed by atoms with Gasteiger partial charge in [0, 0.05) is 19.4 Å². The molecule has 1 heterocycles. The molecule has 2 N–H and O–H groups in total. The van der Waals surface area contributed by atoms with Gasteiger partial charge in [-0.1, -0.05) is 0 Å². The van der Waals surface area contributed by atoms with Crippen LogP contribution in [0.4, 0.5) is 13.2 Å². The summed E-state index contributed by atoms with van der Waals surface area (Å²) in [4.78, 5) is 6.41. The number of aromatic nitrogens is 2. The number of hydrogen-bond donors (Lipinski definition) is 2.